The Morgan fingerprint density at radius 1 is 0.788 bits per heavy atom. The van der Waals surface area contributed by atoms with E-state index in [9.17, 15) is 4.79 Å². The van der Waals surface area contributed by atoms with Crippen LogP contribution in [-0.4, -0.2) is 10.9 Å². The summed E-state index contributed by atoms with van der Waals surface area (Å²) in [5.41, 5.74) is 3.58. The first-order chi connectivity index (χ1) is 16.2. The van der Waals surface area contributed by atoms with Gasteiger partial charge in [0.25, 0.3) is 5.91 Å². The van der Waals surface area contributed by atoms with Crippen LogP contribution in [0.3, 0.4) is 0 Å². The normalized spacial score (nSPS) is 10.7. The third-order valence-electron chi connectivity index (χ3n) is 5.21. The van der Waals surface area contributed by atoms with Crippen LogP contribution >= 0.6 is 15.9 Å². The van der Waals surface area contributed by atoms with Crippen molar-refractivity contribution in [2.45, 2.75) is 0 Å². The zero-order valence-corrected chi connectivity index (χ0v) is 19.1. The van der Waals surface area contributed by atoms with Gasteiger partial charge in [-0.3, -0.25) is 4.79 Å². The van der Waals surface area contributed by atoms with Crippen LogP contribution in [0, 0.1) is 0 Å². The van der Waals surface area contributed by atoms with Gasteiger partial charge in [0.2, 0.25) is 0 Å². The highest BCUT2D eigenvalue weighted by Gasteiger charge is 2.16. The maximum Gasteiger partial charge on any atom is 0.256 e. The molecule has 0 saturated carbocycles. The van der Waals surface area contributed by atoms with Crippen LogP contribution in [0.2, 0.25) is 0 Å². The molecule has 0 bridgehead atoms. The van der Waals surface area contributed by atoms with E-state index in [1.54, 1.807) is 0 Å². The van der Waals surface area contributed by atoms with Gasteiger partial charge in [-0.2, -0.15) is 0 Å². The van der Waals surface area contributed by atoms with Crippen LogP contribution in [0.5, 0.6) is 11.5 Å². The van der Waals surface area contributed by atoms with Crippen molar-refractivity contribution in [2.24, 2.45) is 0 Å². The molecule has 0 radical (unpaired) electrons. The third-order valence-corrected chi connectivity index (χ3v) is 5.74. The number of amides is 1. The number of para-hydroxylation sites is 4. The average Bonchev–Trinajstić information content (AvgIpc) is 2.85. The van der Waals surface area contributed by atoms with Gasteiger partial charge in [0.15, 0.2) is 5.75 Å². The number of halogens is 1. The van der Waals surface area contributed by atoms with Crippen LogP contribution in [0.25, 0.3) is 22.2 Å². The van der Waals surface area contributed by atoms with Crippen molar-refractivity contribution in [3.8, 4) is 22.8 Å². The number of aromatic nitrogens is 1. The quantitative estimate of drug-likeness (QED) is 0.272. The number of carbonyl (C=O) groups excluding carboxylic acids is 1. The van der Waals surface area contributed by atoms with Crippen molar-refractivity contribution in [1.82, 2.24) is 4.98 Å². The first-order valence-corrected chi connectivity index (χ1v) is 11.3. The molecular weight excluding hydrogens is 476 g/mol. The van der Waals surface area contributed by atoms with Gasteiger partial charge in [0, 0.05) is 15.4 Å². The highest BCUT2D eigenvalue weighted by Crippen LogP contribution is 2.31. The van der Waals surface area contributed by atoms with Gasteiger partial charge in [-0.05, 0) is 48.5 Å². The Hall–Kier alpha value is -3.96. The third kappa shape index (κ3) is 4.64. The summed E-state index contributed by atoms with van der Waals surface area (Å²) in [4.78, 5) is 18.2. The van der Waals surface area contributed by atoms with Crippen molar-refractivity contribution in [1.29, 1.82) is 0 Å². The summed E-state index contributed by atoms with van der Waals surface area (Å²) in [6.45, 7) is 0. The van der Waals surface area contributed by atoms with Crippen LogP contribution < -0.4 is 10.1 Å². The minimum Gasteiger partial charge on any atom is -0.455 e. The standard InChI is InChI=1S/C28H19BrN2O2/c29-20-16-14-19(15-17-20)26-18-23(22-10-4-5-11-24(22)30-26)28(32)31-25-12-6-7-13-27(25)33-21-8-2-1-3-9-21/h1-18H,(H,31,32). The van der Waals surface area contributed by atoms with Crippen molar-refractivity contribution in [3.05, 3.63) is 119 Å². The summed E-state index contributed by atoms with van der Waals surface area (Å²) in [7, 11) is 0. The fourth-order valence-electron chi connectivity index (χ4n) is 3.60. The number of rotatable bonds is 5. The molecule has 0 spiro atoms. The second-order valence-corrected chi connectivity index (χ2v) is 8.36. The number of hydrogen-bond donors (Lipinski definition) is 1. The van der Waals surface area contributed by atoms with Crippen molar-refractivity contribution < 1.29 is 9.53 Å². The number of pyridine rings is 1. The summed E-state index contributed by atoms with van der Waals surface area (Å²) in [6, 6.07) is 34.3. The molecule has 4 aromatic carbocycles. The molecule has 0 fully saturated rings. The molecule has 5 aromatic rings. The first-order valence-electron chi connectivity index (χ1n) is 10.5. The number of fused-ring (bicyclic) bond motifs is 1. The molecule has 160 valence electrons. The van der Waals surface area contributed by atoms with E-state index in [1.165, 1.54) is 0 Å². The Bertz CT molecular complexity index is 1430. The second-order valence-electron chi connectivity index (χ2n) is 7.44. The maximum absolute atomic E-state index is 13.5. The molecule has 1 N–H and O–H groups in total. The predicted molar refractivity (Wildman–Crippen MR) is 136 cm³/mol. The van der Waals surface area contributed by atoms with Gasteiger partial charge in [-0.25, -0.2) is 4.98 Å². The van der Waals surface area contributed by atoms with E-state index in [1.807, 2.05) is 109 Å². The number of nitrogens with zero attached hydrogens (tertiary/aromatic N) is 1. The summed E-state index contributed by atoms with van der Waals surface area (Å²) in [5.74, 6) is 1.05. The molecule has 1 heterocycles. The molecule has 0 atom stereocenters. The molecular formula is C28H19BrN2O2. The Morgan fingerprint density at radius 2 is 1.48 bits per heavy atom. The van der Waals surface area contributed by atoms with Crippen LogP contribution in [0.1, 0.15) is 10.4 Å². The Morgan fingerprint density at radius 3 is 2.30 bits per heavy atom. The van der Waals surface area contributed by atoms with Gasteiger partial charge < -0.3 is 10.1 Å². The van der Waals surface area contributed by atoms with E-state index in [0.29, 0.717) is 22.7 Å². The Balaban J connectivity index is 1.52. The predicted octanol–water partition coefficient (Wildman–Crippen LogP) is 7.71. The van der Waals surface area contributed by atoms with E-state index < -0.39 is 0 Å². The van der Waals surface area contributed by atoms with Gasteiger partial charge in [-0.1, -0.05) is 76.6 Å². The lowest BCUT2D eigenvalue weighted by atomic mass is 10.0. The number of anilines is 1. The fourth-order valence-corrected chi connectivity index (χ4v) is 3.86. The topological polar surface area (TPSA) is 51.2 Å². The van der Waals surface area contributed by atoms with E-state index in [0.717, 1.165) is 26.6 Å². The van der Waals surface area contributed by atoms with Crippen LogP contribution in [-0.2, 0) is 0 Å². The summed E-state index contributed by atoms with van der Waals surface area (Å²) in [6.07, 6.45) is 0. The van der Waals surface area contributed by atoms with Crippen molar-refractivity contribution in [3.63, 3.8) is 0 Å². The lowest BCUT2D eigenvalue weighted by Gasteiger charge is -2.14. The highest BCUT2D eigenvalue weighted by molar-refractivity contribution is 9.10. The van der Waals surface area contributed by atoms with Crippen LogP contribution in [0.15, 0.2) is 114 Å². The zero-order chi connectivity index (χ0) is 22.6. The van der Waals surface area contributed by atoms with E-state index in [-0.39, 0.29) is 5.91 Å². The van der Waals surface area contributed by atoms with Crippen molar-refractivity contribution >= 4 is 38.4 Å². The monoisotopic (exact) mass is 494 g/mol. The molecule has 0 aliphatic heterocycles. The minimum atomic E-state index is -0.226. The number of nitrogens with one attached hydrogen (secondary N) is 1. The summed E-state index contributed by atoms with van der Waals surface area (Å²) in [5, 5.41) is 3.82. The molecule has 0 saturated heterocycles. The maximum atomic E-state index is 13.5. The van der Waals surface area contributed by atoms with Crippen LogP contribution in [0.4, 0.5) is 5.69 Å². The molecule has 0 aliphatic carbocycles. The summed E-state index contributed by atoms with van der Waals surface area (Å²) < 4.78 is 6.99. The Labute approximate surface area is 200 Å². The largest absolute Gasteiger partial charge is 0.455 e. The number of benzene rings is 4. The van der Waals surface area contributed by atoms with E-state index >= 15 is 0 Å². The first kappa shape index (κ1) is 20.9. The Kier molecular flexibility index (Phi) is 5.87. The lowest BCUT2D eigenvalue weighted by molar-refractivity contribution is 0.102. The van der Waals surface area contributed by atoms with Gasteiger partial charge in [0.05, 0.1) is 22.5 Å². The average molecular weight is 495 g/mol. The molecule has 4 nitrogen and oxygen atoms in total. The highest BCUT2D eigenvalue weighted by atomic mass is 79.9. The molecule has 0 aliphatic rings. The molecule has 1 aromatic heterocycles. The molecule has 5 rings (SSSR count). The molecule has 1 amide bonds. The summed E-state index contributed by atoms with van der Waals surface area (Å²) >= 11 is 3.47. The molecule has 33 heavy (non-hydrogen) atoms. The minimum absolute atomic E-state index is 0.226. The molecule has 0 unspecified atom stereocenters. The fraction of sp³-hybridized carbons (Fsp3) is 0. The number of hydrogen-bond acceptors (Lipinski definition) is 3. The van der Waals surface area contributed by atoms with Gasteiger partial charge in [0.1, 0.15) is 5.75 Å². The van der Waals surface area contributed by atoms with E-state index in [4.69, 9.17) is 9.72 Å². The van der Waals surface area contributed by atoms with Crippen molar-refractivity contribution in [2.75, 3.05) is 5.32 Å². The number of carbonyl (C=O) groups is 1. The van der Waals surface area contributed by atoms with Gasteiger partial charge >= 0.3 is 0 Å². The van der Waals surface area contributed by atoms with E-state index in [2.05, 4.69) is 21.2 Å². The number of ether oxygens (including phenoxy) is 1. The SMILES string of the molecule is O=C(Nc1ccccc1Oc1ccccc1)c1cc(-c2ccc(Br)cc2)nc2ccccc12. The smallest absolute Gasteiger partial charge is 0.256 e. The molecule has 5 heteroatoms. The zero-order valence-electron chi connectivity index (χ0n) is 17.5. The van der Waals surface area contributed by atoms with Gasteiger partial charge in [-0.15, -0.1) is 0 Å². The second kappa shape index (κ2) is 9.27. The lowest BCUT2D eigenvalue weighted by Crippen LogP contribution is -2.13.